The Kier molecular flexibility index (Phi) is 3.58. The average molecular weight is 228 g/mol. The van der Waals surface area contributed by atoms with E-state index in [9.17, 15) is 4.79 Å². The monoisotopic (exact) mass is 227 g/mol. The van der Waals surface area contributed by atoms with E-state index in [0.29, 0.717) is 11.5 Å². The molecule has 0 aromatic heterocycles. The summed E-state index contributed by atoms with van der Waals surface area (Å²) in [7, 11) is 1.40. The Morgan fingerprint density at radius 1 is 1.53 bits per heavy atom. The highest BCUT2D eigenvalue weighted by Gasteiger charge is 2.19. The van der Waals surface area contributed by atoms with Crippen LogP contribution in [0.2, 0.25) is 0 Å². The Balaban J connectivity index is 0.00000112. The first-order valence-electron chi connectivity index (χ1n) is 4.68. The van der Waals surface area contributed by atoms with Crippen molar-refractivity contribution in [2.45, 2.75) is 12.8 Å². The van der Waals surface area contributed by atoms with Gasteiger partial charge in [-0.1, -0.05) is 6.92 Å². The zero-order chi connectivity index (χ0) is 10.1. The molecule has 1 atom stereocenters. The number of hydrogen-bond donors (Lipinski definition) is 1. The molecule has 3 nitrogen and oxygen atoms in total. The lowest BCUT2D eigenvalue weighted by Crippen LogP contribution is -2.01. The van der Waals surface area contributed by atoms with Crippen LogP contribution in [0.4, 0.5) is 5.69 Å². The van der Waals surface area contributed by atoms with E-state index in [1.54, 1.807) is 6.07 Å². The van der Waals surface area contributed by atoms with E-state index in [0.717, 1.165) is 12.2 Å². The van der Waals surface area contributed by atoms with Gasteiger partial charge < -0.3 is 10.1 Å². The Morgan fingerprint density at radius 3 is 2.93 bits per heavy atom. The number of halogens is 1. The first-order chi connectivity index (χ1) is 6.72. The fourth-order valence-electron chi connectivity index (χ4n) is 1.75. The van der Waals surface area contributed by atoms with Crippen LogP contribution < -0.4 is 5.32 Å². The number of anilines is 1. The van der Waals surface area contributed by atoms with E-state index in [1.807, 2.05) is 12.1 Å². The van der Waals surface area contributed by atoms with Gasteiger partial charge in [-0.15, -0.1) is 12.4 Å². The van der Waals surface area contributed by atoms with Crippen molar-refractivity contribution >= 4 is 24.1 Å². The summed E-state index contributed by atoms with van der Waals surface area (Å²) in [4.78, 5) is 11.3. The molecule has 1 unspecified atom stereocenters. The molecule has 0 radical (unpaired) electrons. The summed E-state index contributed by atoms with van der Waals surface area (Å²) in [5.41, 5.74) is 2.96. The van der Waals surface area contributed by atoms with Crippen LogP contribution in [0.3, 0.4) is 0 Å². The first-order valence-corrected chi connectivity index (χ1v) is 4.68. The standard InChI is InChI=1S/C11H13NO2.ClH/c1-7-6-12-10-4-3-8(5-9(7)10)11(13)14-2;/h3-5,7,12H,6H2,1-2H3;1H. The second kappa shape index (κ2) is 4.53. The van der Waals surface area contributed by atoms with Crippen molar-refractivity contribution in [1.29, 1.82) is 0 Å². The maximum absolute atomic E-state index is 11.3. The molecule has 82 valence electrons. The van der Waals surface area contributed by atoms with Crippen molar-refractivity contribution in [3.8, 4) is 0 Å². The Hall–Kier alpha value is -1.22. The van der Waals surface area contributed by atoms with Crippen molar-refractivity contribution in [2.24, 2.45) is 0 Å². The maximum Gasteiger partial charge on any atom is 0.337 e. The Bertz CT molecular complexity index is 379. The fourth-order valence-corrected chi connectivity index (χ4v) is 1.75. The van der Waals surface area contributed by atoms with Gasteiger partial charge in [0.2, 0.25) is 0 Å². The molecule has 1 aromatic carbocycles. The number of esters is 1. The fraction of sp³-hybridized carbons (Fsp3) is 0.364. The first kappa shape index (κ1) is 11.9. The highest BCUT2D eigenvalue weighted by Crippen LogP contribution is 2.31. The zero-order valence-corrected chi connectivity index (χ0v) is 9.56. The van der Waals surface area contributed by atoms with Gasteiger partial charge >= 0.3 is 5.97 Å². The van der Waals surface area contributed by atoms with E-state index in [-0.39, 0.29) is 18.4 Å². The van der Waals surface area contributed by atoms with Gasteiger partial charge in [-0.25, -0.2) is 4.79 Å². The maximum atomic E-state index is 11.3. The highest BCUT2D eigenvalue weighted by molar-refractivity contribution is 5.90. The summed E-state index contributed by atoms with van der Waals surface area (Å²) in [6.45, 7) is 3.08. The minimum absolute atomic E-state index is 0. The lowest BCUT2D eigenvalue weighted by molar-refractivity contribution is 0.0600. The molecule has 2 rings (SSSR count). The van der Waals surface area contributed by atoms with Crippen LogP contribution in [0.5, 0.6) is 0 Å². The van der Waals surface area contributed by atoms with E-state index in [4.69, 9.17) is 0 Å². The Labute approximate surface area is 95.2 Å². The van der Waals surface area contributed by atoms with E-state index >= 15 is 0 Å². The van der Waals surface area contributed by atoms with Crippen LogP contribution in [-0.4, -0.2) is 19.6 Å². The molecule has 1 aromatic rings. The molecule has 1 N–H and O–H groups in total. The Morgan fingerprint density at radius 2 is 2.27 bits per heavy atom. The van der Waals surface area contributed by atoms with Crippen LogP contribution in [0.25, 0.3) is 0 Å². The number of rotatable bonds is 1. The smallest absolute Gasteiger partial charge is 0.337 e. The second-order valence-corrected chi connectivity index (χ2v) is 3.58. The third-order valence-corrected chi connectivity index (χ3v) is 2.60. The summed E-state index contributed by atoms with van der Waals surface area (Å²) >= 11 is 0. The lowest BCUT2D eigenvalue weighted by Gasteiger charge is -2.04. The molecular weight excluding hydrogens is 214 g/mol. The molecule has 0 fully saturated rings. The average Bonchev–Trinajstić information content (AvgIpc) is 2.59. The molecule has 0 saturated carbocycles. The normalized spacial score (nSPS) is 17.3. The van der Waals surface area contributed by atoms with Gasteiger partial charge in [0.25, 0.3) is 0 Å². The van der Waals surface area contributed by atoms with Crippen LogP contribution in [-0.2, 0) is 4.74 Å². The molecule has 4 heteroatoms. The van der Waals surface area contributed by atoms with Gasteiger partial charge in [0.05, 0.1) is 12.7 Å². The summed E-state index contributed by atoms with van der Waals surface area (Å²) in [5.74, 6) is 0.196. The summed E-state index contributed by atoms with van der Waals surface area (Å²) in [6.07, 6.45) is 0. The molecule has 1 aliphatic heterocycles. The van der Waals surface area contributed by atoms with Gasteiger partial charge in [-0.3, -0.25) is 0 Å². The number of hydrogen-bond acceptors (Lipinski definition) is 3. The lowest BCUT2D eigenvalue weighted by atomic mass is 10.0. The zero-order valence-electron chi connectivity index (χ0n) is 8.74. The summed E-state index contributed by atoms with van der Waals surface area (Å²) in [5, 5.41) is 3.28. The largest absolute Gasteiger partial charge is 0.465 e. The minimum atomic E-state index is -0.271. The number of carbonyl (C=O) groups excluding carboxylic acids is 1. The summed E-state index contributed by atoms with van der Waals surface area (Å²) in [6, 6.07) is 5.63. The van der Waals surface area contributed by atoms with Crippen molar-refractivity contribution < 1.29 is 9.53 Å². The van der Waals surface area contributed by atoms with Gasteiger partial charge in [-0.05, 0) is 23.8 Å². The predicted octanol–water partition coefficient (Wildman–Crippen LogP) is 2.42. The summed E-state index contributed by atoms with van der Waals surface area (Å²) < 4.78 is 4.67. The van der Waals surface area contributed by atoms with E-state index in [1.165, 1.54) is 12.7 Å². The molecule has 0 aliphatic carbocycles. The molecule has 0 saturated heterocycles. The molecule has 1 heterocycles. The quantitative estimate of drug-likeness (QED) is 0.749. The van der Waals surface area contributed by atoms with Gasteiger partial charge in [-0.2, -0.15) is 0 Å². The van der Waals surface area contributed by atoms with Crippen molar-refractivity contribution in [3.05, 3.63) is 29.3 Å². The molecular formula is C11H14ClNO2. The second-order valence-electron chi connectivity index (χ2n) is 3.58. The van der Waals surface area contributed by atoms with Crippen LogP contribution in [0, 0.1) is 0 Å². The van der Waals surface area contributed by atoms with Crippen molar-refractivity contribution in [3.63, 3.8) is 0 Å². The van der Waals surface area contributed by atoms with E-state index in [2.05, 4.69) is 17.0 Å². The number of methoxy groups -OCH3 is 1. The molecule has 0 spiro atoms. The SMILES string of the molecule is COC(=O)c1ccc2c(c1)C(C)CN2.Cl. The number of ether oxygens (including phenoxy) is 1. The van der Waals surface area contributed by atoms with Crippen LogP contribution in [0.15, 0.2) is 18.2 Å². The number of nitrogens with one attached hydrogen (secondary N) is 1. The van der Waals surface area contributed by atoms with Crippen molar-refractivity contribution in [2.75, 3.05) is 19.0 Å². The third kappa shape index (κ3) is 2.07. The molecule has 1 aliphatic rings. The predicted molar refractivity (Wildman–Crippen MR) is 61.9 cm³/mol. The number of fused-ring (bicyclic) bond motifs is 1. The van der Waals surface area contributed by atoms with E-state index < -0.39 is 0 Å². The number of carbonyl (C=O) groups is 1. The van der Waals surface area contributed by atoms with Gasteiger partial charge in [0.15, 0.2) is 0 Å². The highest BCUT2D eigenvalue weighted by atomic mass is 35.5. The van der Waals surface area contributed by atoms with Gasteiger partial charge in [0.1, 0.15) is 0 Å². The topological polar surface area (TPSA) is 38.3 Å². The third-order valence-electron chi connectivity index (χ3n) is 2.60. The van der Waals surface area contributed by atoms with Crippen LogP contribution >= 0.6 is 12.4 Å². The molecule has 0 bridgehead atoms. The number of benzene rings is 1. The molecule has 0 amide bonds. The minimum Gasteiger partial charge on any atom is -0.465 e. The van der Waals surface area contributed by atoms with Crippen molar-refractivity contribution in [1.82, 2.24) is 0 Å². The van der Waals surface area contributed by atoms with Gasteiger partial charge in [0, 0.05) is 18.2 Å². The molecule has 15 heavy (non-hydrogen) atoms. The van der Waals surface area contributed by atoms with Crippen LogP contribution in [0.1, 0.15) is 28.8 Å².